The maximum atomic E-state index is 11.8. The van der Waals surface area contributed by atoms with Crippen LogP contribution in [0.25, 0.3) is 0 Å². The van der Waals surface area contributed by atoms with E-state index in [9.17, 15) is 9.59 Å². The van der Waals surface area contributed by atoms with Crippen LogP contribution >= 0.6 is 0 Å². The maximum absolute atomic E-state index is 11.8. The molecule has 0 atom stereocenters. The molecule has 1 aliphatic rings. The van der Waals surface area contributed by atoms with Gasteiger partial charge in [-0.1, -0.05) is 6.92 Å². The van der Waals surface area contributed by atoms with Crippen LogP contribution in [0.15, 0.2) is 17.2 Å². The van der Waals surface area contributed by atoms with Gasteiger partial charge in [0.2, 0.25) is 5.91 Å². The number of nitrogens with zero attached hydrogens (tertiary/aromatic N) is 2. The molecule has 17 heavy (non-hydrogen) atoms. The molecule has 1 saturated carbocycles. The van der Waals surface area contributed by atoms with E-state index in [1.807, 2.05) is 6.92 Å². The van der Waals surface area contributed by atoms with Crippen molar-refractivity contribution in [2.24, 2.45) is 0 Å². The molecule has 0 bridgehead atoms. The number of nitrogens with one attached hydrogen (secondary N) is 1. The van der Waals surface area contributed by atoms with E-state index >= 15 is 0 Å². The van der Waals surface area contributed by atoms with E-state index in [-0.39, 0.29) is 11.6 Å². The molecule has 1 aliphatic carbocycles. The molecule has 0 unspecified atom stereocenters. The van der Waals surface area contributed by atoms with Gasteiger partial charge in [0.05, 0.1) is 0 Å². The number of aryl methyl sites for hydroxylation is 2. The van der Waals surface area contributed by atoms with Crippen LogP contribution in [0, 0.1) is 0 Å². The fourth-order valence-corrected chi connectivity index (χ4v) is 1.78. The summed E-state index contributed by atoms with van der Waals surface area (Å²) in [5, 5.41) is 2.91. The Hall–Kier alpha value is -1.52. The number of hydrogen-bond donors (Lipinski definition) is 1. The molecule has 2 rings (SSSR count). The van der Waals surface area contributed by atoms with Gasteiger partial charge in [0.15, 0.2) is 0 Å². The molecule has 1 N–H and O–H groups in total. The Bertz CT molecular complexity index is 443. The van der Waals surface area contributed by atoms with Crippen LogP contribution in [-0.2, 0) is 17.9 Å². The van der Waals surface area contributed by atoms with Crippen molar-refractivity contribution in [3.8, 4) is 0 Å². The van der Waals surface area contributed by atoms with Crippen LogP contribution in [0.4, 0.5) is 0 Å². The molecule has 1 aromatic rings. The highest BCUT2D eigenvalue weighted by atomic mass is 16.2. The second kappa shape index (κ2) is 5.21. The zero-order chi connectivity index (χ0) is 12.3. The van der Waals surface area contributed by atoms with E-state index in [0.717, 1.165) is 25.8 Å². The highest BCUT2D eigenvalue weighted by Gasteiger charge is 2.22. The first-order valence-electron chi connectivity index (χ1n) is 6.25. The van der Waals surface area contributed by atoms with Gasteiger partial charge in [-0.15, -0.1) is 0 Å². The highest BCUT2D eigenvalue weighted by Crippen LogP contribution is 2.18. The number of rotatable bonds is 6. The van der Waals surface area contributed by atoms with Crippen molar-refractivity contribution in [2.75, 3.05) is 0 Å². The van der Waals surface area contributed by atoms with Crippen molar-refractivity contribution in [1.29, 1.82) is 0 Å². The number of carbonyl (C=O) groups is 1. The van der Waals surface area contributed by atoms with Crippen LogP contribution in [0.1, 0.15) is 32.6 Å². The van der Waals surface area contributed by atoms with E-state index in [4.69, 9.17) is 0 Å². The van der Waals surface area contributed by atoms with Gasteiger partial charge in [-0.05, 0) is 19.3 Å². The fourth-order valence-electron chi connectivity index (χ4n) is 1.78. The van der Waals surface area contributed by atoms with E-state index < -0.39 is 0 Å². The summed E-state index contributed by atoms with van der Waals surface area (Å²) < 4.78 is 3.28. The van der Waals surface area contributed by atoms with E-state index in [2.05, 4.69) is 5.32 Å². The standard InChI is InChI=1S/C12H19N3O2/c1-2-6-14-8-9-15(12(14)17)7-5-11(16)13-10-3-4-10/h8-10H,2-7H2,1H3,(H,13,16). The SMILES string of the molecule is CCCn1ccn(CCC(=O)NC2CC2)c1=O. The van der Waals surface area contributed by atoms with Crippen molar-refractivity contribution in [2.45, 2.75) is 51.7 Å². The molecule has 0 radical (unpaired) electrons. The van der Waals surface area contributed by atoms with Gasteiger partial charge in [-0.2, -0.15) is 0 Å². The summed E-state index contributed by atoms with van der Waals surface area (Å²) >= 11 is 0. The molecular formula is C12H19N3O2. The number of aromatic nitrogens is 2. The maximum Gasteiger partial charge on any atom is 0.328 e. The van der Waals surface area contributed by atoms with Gasteiger partial charge < -0.3 is 5.32 Å². The summed E-state index contributed by atoms with van der Waals surface area (Å²) in [7, 11) is 0. The van der Waals surface area contributed by atoms with Crippen LogP contribution < -0.4 is 11.0 Å². The number of imidazole rings is 1. The summed E-state index contributed by atoms with van der Waals surface area (Å²) in [6.45, 7) is 3.24. The smallest absolute Gasteiger partial charge is 0.328 e. The predicted molar refractivity (Wildman–Crippen MR) is 64.8 cm³/mol. The Morgan fingerprint density at radius 3 is 2.59 bits per heavy atom. The lowest BCUT2D eigenvalue weighted by Gasteiger charge is -2.03. The molecule has 1 amide bonds. The lowest BCUT2D eigenvalue weighted by molar-refractivity contribution is -0.121. The van der Waals surface area contributed by atoms with Gasteiger partial charge in [-0.3, -0.25) is 13.9 Å². The molecular weight excluding hydrogens is 218 g/mol. The Morgan fingerprint density at radius 2 is 2.00 bits per heavy atom. The van der Waals surface area contributed by atoms with Crippen molar-refractivity contribution >= 4 is 5.91 Å². The minimum absolute atomic E-state index is 0.0222. The highest BCUT2D eigenvalue weighted by molar-refractivity contribution is 5.76. The van der Waals surface area contributed by atoms with Gasteiger partial charge in [0.1, 0.15) is 0 Å². The number of amides is 1. The van der Waals surface area contributed by atoms with Crippen LogP contribution in [0.5, 0.6) is 0 Å². The van der Waals surface area contributed by atoms with Crippen LogP contribution in [-0.4, -0.2) is 21.1 Å². The minimum atomic E-state index is -0.0222. The normalized spacial score (nSPS) is 14.9. The second-order valence-corrected chi connectivity index (χ2v) is 4.56. The molecule has 94 valence electrons. The molecule has 1 heterocycles. The topological polar surface area (TPSA) is 56.0 Å². The van der Waals surface area contributed by atoms with E-state index in [1.54, 1.807) is 21.5 Å². The van der Waals surface area contributed by atoms with Crippen LogP contribution in [0.3, 0.4) is 0 Å². The molecule has 0 aliphatic heterocycles. The lowest BCUT2D eigenvalue weighted by atomic mass is 10.4. The number of hydrogen-bond acceptors (Lipinski definition) is 2. The average Bonchev–Trinajstić information content (AvgIpc) is 3.04. The average molecular weight is 237 g/mol. The lowest BCUT2D eigenvalue weighted by Crippen LogP contribution is -2.29. The monoisotopic (exact) mass is 237 g/mol. The van der Waals surface area contributed by atoms with Crippen molar-refractivity contribution < 1.29 is 4.79 Å². The molecule has 5 nitrogen and oxygen atoms in total. The third-order valence-corrected chi connectivity index (χ3v) is 2.90. The molecule has 0 spiro atoms. The number of carbonyl (C=O) groups excluding carboxylic acids is 1. The quantitative estimate of drug-likeness (QED) is 0.793. The summed E-state index contributed by atoms with van der Waals surface area (Å²) in [5.74, 6) is 0.0441. The van der Waals surface area contributed by atoms with Crippen molar-refractivity contribution in [3.63, 3.8) is 0 Å². The molecule has 1 aromatic heterocycles. The summed E-state index contributed by atoms with van der Waals surface area (Å²) in [4.78, 5) is 23.3. The third-order valence-electron chi connectivity index (χ3n) is 2.90. The molecule has 0 saturated heterocycles. The first-order chi connectivity index (χ1) is 8.20. The van der Waals surface area contributed by atoms with Gasteiger partial charge in [0, 0.05) is 37.9 Å². The second-order valence-electron chi connectivity index (χ2n) is 4.56. The van der Waals surface area contributed by atoms with Crippen molar-refractivity contribution in [3.05, 3.63) is 22.9 Å². The first kappa shape index (κ1) is 12.0. The summed E-state index contributed by atoms with van der Waals surface area (Å²) in [6.07, 6.45) is 7.04. The predicted octanol–water partition coefficient (Wildman–Crippen LogP) is 0.728. The zero-order valence-electron chi connectivity index (χ0n) is 10.2. The summed E-state index contributed by atoms with van der Waals surface area (Å²) in [5.41, 5.74) is -0.0222. The Labute approximate surface area is 100 Å². The Balaban J connectivity index is 1.85. The van der Waals surface area contributed by atoms with Gasteiger partial charge in [0.25, 0.3) is 0 Å². The third kappa shape index (κ3) is 3.22. The first-order valence-corrected chi connectivity index (χ1v) is 6.25. The Kier molecular flexibility index (Phi) is 3.66. The zero-order valence-corrected chi connectivity index (χ0v) is 10.2. The molecule has 0 aromatic carbocycles. The van der Waals surface area contributed by atoms with E-state index in [1.165, 1.54) is 0 Å². The molecule has 5 heteroatoms. The van der Waals surface area contributed by atoms with Crippen molar-refractivity contribution in [1.82, 2.24) is 14.5 Å². The van der Waals surface area contributed by atoms with Crippen LogP contribution in [0.2, 0.25) is 0 Å². The van der Waals surface area contributed by atoms with E-state index in [0.29, 0.717) is 19.0 Å². The fraction of sp³-hybridized carbons (Fsp3) is 0.667. The van der Waals surface area contributed by atoms with Gasteiger partial charge >= 0.3 is 5.69 Å². The summed E-state index contributed by atoms with van der Waals surface area (Å²) in [6, 6.07) is 0.393. The minimum Gasteiger partial charge on any atom is -0.353 e. The Morgan fingerprint density at radius 1 is 1.35 bits per heavy atom. The van der Waals surface area contributed by atoms with Gasteiger partial charge in [-0.25, -0.2) is 4.79 Å². The largest absolute Gasteiger partial charge is 0.353 e. The molecule has 1 fully saturated rings.